The van der Waals surface area contributed by atoms with Crippen molar-refractivity contribution >= 4 is 16.5 Å². The number of nitrogens with zero attached hydrogens (tertiary/aromatic N) is 4. The Labute approximate surface area is 157 Å². The van der Waals surface area contributed by atoms with Gasteiger partial charge in [-0.05, 0) is 47.1 Å². The number of aromatic amines is 1. The number of hydrogen-bond donors (Lipinski definition) is 2. The highest BCUT2D eigenvalue weighted by molar-refractivity contribution is 5.94. The third-order valence-electron chi connectivity index (χ3n) is 5.60. The number of aryl methyl sites for hydroxylation is 1. The first-order valence-electron chi connectivity index (χ1n) is 9.16. The average Bonchev–Trinajstić information content (AvgIpc) is 3.31. The summed E-state index contributed by atoms with van der Waals surface area (Å²) in [5, 5.41) is 12.9. The highest BCUT2D eigenvalue weighted by Gasteiger charge is 2.35. The molecular weight excluding hydrogens is 336 g/mol. The maximum atomic E-state index is 6.33. The van der Waals surface area contributed by atoms with E-state index in [1.165, 1.54) is 16.7 Å². The van der Waals surface area contributed by atoms with E-state index >= 15 is 0 Å². The second-order valence-corrected chi connectivity index (χ2v) is 8.08. The average molecular weight is 358 g/mol. The van der Waals surface area contributed by atoms with Crippen LogP contribution in [0.4, 0.5) is 0 Å². The van der Waals surface area contributed by atoms with Crippen LogP contribution in [0.3, 0.4) is 0 Å². The molecule has 0 spiro atoms. The third-order valence-corrected chi connectivity index (χ3v) is 5.60. The molecule has 0 atom stereocenters. The quantitative estimate of drug-likeness (QED) is 0.731. The van der Waals surface area contributed by atoms with Crippen LogP contribution in [-0.2, 0) is 7.05 Å². The zero-order valence-corrected chi connectivity index (χ0v) is 15.7. The summed E-state index contributed by atoms with van der Waals surface area (Å²) in [6, 6.07) is 2.11. The number of rotatable bonds is 2. The Morgan fingerprint density at radius 2 is 2.11 bits per heavy atom. The van der Waals surface area contributed by atoms with Gasteiger partial charge in [0.1, 0.15) is 5.69 Å². The van der Waals surface area contributed by atoms with E-state index in [4.69, 9.17) is 5.73 Å². The van der Waals surface area contributed by atoms with Crippen molar-refractivity contribution in [2.24, 2.45) is 18.2 Å². The van der Waals surface area contributed by atoms with E-state index in [1.807, 2.05) is 25.6 Å². The first-order valence-corrected chi connectivity index (χ1v) is 9.16. The number of aromatic nitrogens is 5. The van der Waals surface area contributed by atoms with Gasteiger partial charge in [0.15, 0.2) is 0 Å². The Kier molecular flexibility index (Phi) is 3.22. The molecule has 0 saturated heterocycles. The van der Waals surface area contributed by atoms with Gasteiger partial charge in [-0.3, -0.25) is 14.8 Å². The Bertz CT molecular complexity index is 1170. The van der Waals surface area contributed by atoms with Crippen molar-refractivity contribution < 1.29 is 0 Å². The predicted octanol–water partition coefficient (Wildman–Crippen LogP) is 3.71. The zero-order valence-electron chi connectivity index (χ0n) is 15.7. The van der Waals surface area contributed by atoms with Crippen LogP contribution in [0.15, 0.2) is 53.7 Å². The summed E-state index contributed by atoms with van der Waals surface area (Å²) in [7, 11) is 1.91. The first-order chi connectivity index (χ1) is 12.9. The van der Waals surface area contributed by atoms with Gasteiger partial charge >= 0.3 is 0 Å². The second kappa shape index (κ2) is 5.42. The summed E-state index contributed by atoms with van der Waals surface area (Å²) in [6.45, 7) is 4.51. The van der Waals surface area contributed by atoms with Crippen molar-refractivity contribution in [3.8, 4) is 11.3 Å². The number of nitrogens with two attached hydrogens (primary N) is 1. The lowest BCUT2D eigenvalue weighted by atomic mass is 9.80. The molecule has 3 heterocycles. The van der Waals surface area contributed by atoms with Crippen LogP contribution in [0.1, 0.15) is 32.4 Å². The molecule has 3 aromatic rings. The number of H-pyrrole nitrogens is 1. The van der Waals surface area contributed by atoms with Crippen molar-refractivity contribution in [3.63, 3.8) is 0 Å². The molecule has 0 fully saturated rings. The summed E-state index contributed by atoms with van der Waals surface area (Å²) >= 11 is 0. The van der Waals surface area contributed by atoms with E-state index in [0.717, 1.165) is 46.4 Å². The summed E-state index contributed by atoms with van der Waals surface area (Å²) in [6.07, 6.45) is 12.0. The highest BCUT2D eigenvalue weighted by atomic mass is 15.2. The summed E-state index contributed by atoms with van der Waals surface area (Å²) in [5.41, 5.74) is 14.9. The molecule has 0 aromatic carbocycles. The first kappa shape index (κ1) is 16.1. The lowest BCUT2D eigenvalue weighted by molar-refractivity contribution is 0.470. The van der Waals surface area contributed by atoms with Crippen LogP contribution >= 0.6 is 0 Å². The fourth-order valence-electron chi connectivity index (χ4n) is 4.24. The Hall–Kier alpha value is -3.15. The molecule has 3 aromatic heterocycles. The molecule has 3 N–H and O–H groups in total. The number of pyridine rings is 1. The fourth-order valence-corrected chi connectivity index (χ4v) is 4.24. The predicted molar refractivity (Wildman–Crippen MR) is 106 cm³/mol. The topological polar surface area (TPSA) is 85.4 Å². The SMILES string of the molecule is Cn1cc(-c2n[nH]c3cnc(C4=CC5=C(N)CC(C)(C)C5=CC4)cc23)cn1. The van der Waals surface area contributed by atoms with E-state index < -0.39 is 0 Å². The smallest absolute Gasteiger partial charge is 0.103 e. The lowest BCUT2D eigenvalue weighted by Gasteiger charge is -2.24. The molecule has 0 aliphatic heterocycles. The van der Waals surface area contributed by atoms with E-state index in [1.54, 1.807) is 4.68 Å². The van der Waals surface area contributed by atoms with Gasteiger partial charge in [-0.15, -0.1) is 0 Å². The minimum absolute atomic E-state index is 0.122. The number of nitrogens with one attached hydrogen (secondary N) is 1. The van der Waals surface area contributed by atoms with Gasteiger partial charge in [0.05, 0.1) is 23.6 Å². The van der Waals surface area contributed by atoms with Gasteiger partial charge in [-0.25, -0.2) is 0 Å². The van der Waals surface area contributed by atoms with Crippen molar-refractivity contribution in [1.82, 2.24) is 25.0 Å². The second-order valence-electron chi connectivity index (χ2n) is 8.08. The molecule has 27 heavy (non-hydrogen) atoms. The van der Waals surface area contributed by atoms with Crippen LogP contribution in [0.2, 0.25) is 0 Å². The molecule has 6 nitrogen and oxygen atoms in total. The number of hydrogen-bond acceptors (Lipinski definition) is 4. The van der Waals surface area contributed by atoms with Crippen LogP contribution < -0.4 is 5.73 Å². The van der Waals surface area contributed by atoms with Gasteiger partial charge in [0.2, 0.25) is 0 Å². The molecule has 2 aliphatic carbocycles. The zero-order chi connectivity index (χ0) is 18.8. The van der Waals surface area contributed by atoms with E-state index in [9.17, 15) is 0 Å². The van der Waals surface area contributed by atoms with Crippen LogP contribution in [0, 0.1) is 5.41 Å². The molecule has 0 amide bonds. The normalized spacial score (nSPS) is 18.6. The summed E-state index contributed by atoms with van der Waals surface area (Å²) in [5.74, 6) is 0. The minimum Gasteiger partial charge on any atom is -0.402 e. The summed E-state index contributed by atoms with van der Waals surface area (Å²) < 4.78 is 1.78. The molecule has 0 bridgehead atoms. The third kappa shape index (κ3) is 2.44. The molecule has 0 unspecified atom stereocenters. The van der Waals surface area contributed by atoms with Gasteiger partial charge in [-0.2, -0.15) is 10.2 Å². The Morgan fingerprint density at radius 1 is 1.26 bits per heavy atom. The fraction of sp³-hybridized carbons (Fsp3) is 0.286. The van der Waals surface area contributed by atoms with Crippen LogP contribution in [0.5, 0.6) is 0 Å². The molecule has 6 heteroatoms. The molecule has 0 radical (unpaired) electrons. The largest absolute Gasteiger partial charge is 0.402 e. The molecule has 136 valence electrons. The number of allylic oxidation sites excluding steroid dienone is 6. The Balaban J connectivity index is 1.59. The minimum atomic E-state index is 0.122. The standard InChI is InChI=1S/C21H22N6/c1-21(2)8-17(22)14-6-12(4-5-16(14)21)18-7-15-19(10-23-18)25-26-20(15)13-9-24-27(3)11-13/h5-7,9-11H,4,8,22H2,1-3H3,(H,25,26). The number of fused-ring (bicyclic) bond motifs is 2. The van der Waals surface area contributed by atoms with Gasteiger partial charge < -0.3 is 5.73 Å². The van der Waals surface area contributed by atoms with Gasteiger partial charge in [0.25, 0.3) is 0 Å². The van der Waals surface area contributed by atoms with Crippen molar-refractivity contribution in [3.05, 3.63) is 59.3 Å². The van der Waals surface area contributed by atoms with Crippen molar-refractivity contribution in [2.75, 3.05) is 0 Å². The molecule has 5 rings (SSSR count). The van der Waals surface area contributed by atoms with E-state index in [0.29, 0.717) is 0 Å². The lowest BCUT2D eigenvalue weighted by Crippen LogP contribution is -2.11. The van der Waals surface area contributed by atoms with Gasteiger partial charge in [0, 0.05) is 29.9 Å². The monoisotopic (exact) mass is 358 g/mol. The maximum Gasteiger partial charge on any atom is 0.103 e. The molecule has 0 saturated carbocycles. The Morgan fingerprint density at radius 3 is 2.89 bits per heavy atom. The van der Waals surface area contributed by atoms with Gasteiger partial charge in [-0.1, -0.05) is 19.9 Å². The van der Waals surface area contributed by atoms with Crippen molar-refractivity contribution in [2.45, 2.75) is 26.7 Å². The summed E-state index contributed by atoms with van der Waals surface area (Å²) in [4.78, 5) is 4.67. The van der Waals surface area contributed by atoms with E-state index in [2.05, 4.69) is 52.3 Å². The van der Waals surface area contributed by atoms with Crippen molar-refractivity contribution in [1.29, 1.82) is 0 Å². The molecule has 2 aliphatic rings. The molecular formula is C21H22N6. The van der Waals surface area contributed by atoms with Crippen LogP contribution in [-0.4, -0.2) is 25.0 Å². The van der Waals surface area contributed by atoms with E-state index in [-0.39, 0.29) is 5.41 Å². The highest BCUT2D eigenvalue weighted by Crippen LogP contribution is 2.48. The van der Waals surface area contributed by atoms with Crippen LogP contribution in [0.25, 0.3) is 27.7 Å². The maximum absolute atomic E-state index is 6.33.